The number of nitrogens with one attached hydrogen (secondary N) is 1. The Labute approximate surface area is 495 Å². The Morgan fingerprint density at radius 2 is 1.50 bits per heavy atom. The minimum absolute atomic E-state index is 0.0499. The Morgan fingerprint density at radius 3 is 2.07 bits per heavy atom. The first-order chi connectivity index (χ1) is 40.8. The number of esters is 1. The summed E-state index contributed by atoms with van der Waals surface area (Å²) in [6.07, 6.45) is 2.85. The number of hydrogen-bond acceptors (Lipinski definition) is 16. The SMILES string of the molecule is CC.CCCCC=O.CCc1c2c(nc3cc(OC(=O)NCCCOCC(COC(c4ccccc4)(c4ccc(OC)cc4)c4ccc(OC)cc4)OP(OCCC#N)N(C(C)C)C(C)C)ccc13)-c1cc3c(c(=O)n1C2)COC(=O)C3OC. The number of nitriles is 1. The van der Waals surface area contributed by atoms with Gasteiger partial charge < -0.3 is 56.9 Å². The van der Waals surface area contributed by atoms with Crippen LogP contribution in [0.25, 0.3) is 22.3 Å². The molecular formula is C65H82N5O13P. The number of carbonyl (C=O) groups is 3. The van der Waals surface area contributed by atoms with Gasteiger partial charge in [0.25, 0.3) is 14.1 Å². The van der Waals surface area contributed by atoms with E-state index in [4.69, 9.17) is 47.2 Å². The first-order valence-corrected chi connectivity index (χ1v) is 30.0. The van der Waals surface area contributed by atoms with E-state index in [0.717, 1.165) is 58.8 Å². The standard InChI is InChI=1S/C58H66N5O12P.C5H10O.C2H6/c1-9-46-47-26-25-44(31-51(47)61-53-49(46)33-62-52(53)32-48-50(55(62)64)36-71-56(65)54(48)69-8)74-57(66)60-28-14-29-70-34-45(75-76(73-30-13-27-59)63(37(2)3)38(4)5)35-72-58(39-15-11-10-12-16-39,40-17-21-42(67-6)22-18-40)41-19-23-43(68-7)24-20-41;1-2-3-4-5-6;1-2/h10-12,15-26,31-32,37-38,45,54H,9,13-14,28-30,33-36H2,1-8H3,(H,60,66);5H,2-4H2,1H3;1-2H3. The van der Waals surface area contributed by atoms with Gasteiger partial charge in [-0.2, -0.15) is 5.26 Å². The van der Waals surface area contributed by atoms with Gasteiger partial charge in [0, 0.05) is 61.3 Å². The van der Waals surface area contributed by atoms with E-state index < -0.39 is 38.4 Å². The van der Waals surface area contributed by atoms with E-state index in [-0.39, 0.29) is 63.6 Å². The van der Waals surface area contributed by atoms with Crippen molar-refractivity contribution in [2.75, 3.05) is 54.3 Å². The number of methoxy groups -OCH3 is 3. The predicted octanol–water partition coefficient (Wildman–Crippen LogP) is 12.3. The zero-order chi connectivity index (χ0) is 60.8. The van der Waals surface area contributed by atoms with Crippen molar-refractivity contribution < 1.29 is 56.6 Å². The number of nitrogens with zero attached hydrogens (tertiary/aromatic N) is 4. The highest BCUT2D eigenvalue weighted by molar-refractivity contribution is 7.44. The molecule has 0 fully saturated rings. The van der Waals surface area contributed by atoms with Crippen molar-refractivity contribution in [2.24, 2.45) is 0 Å². The molecule has 0 saturated carbocycles. The van der Waals surface area contributed by atoms with Gasteiger partial charge >= 0.3 is 12.1 Å². The molecule has 2 aliphatic rings. The third-order valence-electron chi connectivity index (χ3n) is 14.1. The van der Waals surface area contributed by atoms with Crippen LogP contribution in [0.5, 0.6) is 17.2 Å². The summed E-state index contributed by atoms with van der Waals surface area (Å²) in [5, 5.41) is 13.2. The average Bonchev–Trinajstić information content (AvgIpc) is 3.85. The van der Waals surface area contributed by atoms with Crippen LogP contribution in [0.4, 0.5) is 4.79 Å². The molecule has 1 N–H and O–H groups in total. The Balaban J connectivity index is 0.00000133. The van der Waals surface area contributed by atoms with Gasteiger partial charge in [-0.3, -0.25) is 4.79 Å². The highest BCUT2D eigenvalue weighted by Gasteiger charge is 2.40. The van der Waals surface area contributed by atoms with Crippen LogP contribution in [0, 0.1) is 11.3 Å². The van der Waals surface area contributed by atoms with Crippen LogP contribution in [-0.4, -0.2) is 105 Å². The van der Waals surface area contributed by atoms with E-state index in [9.17, 15) is 24.4 Å². The van der Waals surface area contributed by atoms with Crippen molar-refractivity contribution in [3.63, 3.8) is 0 Å². The van der Waals surface area contributed by atoms with Crippen LogP contribution in [-0.2, 0) is 62.8 Å². The van der Waals surface area contributed by atoms with Crippen LogP contribution < -0.4 is 25.1 Å². The summed E-state index contributed by atoms with van der Waals surface area (Å²) in [6.45, 7) is 17.5. The minimum Gasteiger partial charge on any atom is -0.497 e. The van der Waals surface area contributed by atoms with Crippen molar-refractivity contribution in [1.29, 1.82) is 5.26 Å². The Hall–Kier alpha value is -7.07. The molecule has 2 aromatic heterocycles. The number of rotatable bonds is 28. The van der Waals surface area contributed by atoms with Crippen molar-refractivity contribution >= 4 is 37.8 Å². The van der Waals surface area contributed by atoms with E-state index >= 15 is 0 Å². The van der Waals surface area contributed by atoms with Crippen LogP contribution in [0.2, 0.25) is 0 Å². The molecule has 6 aromatic rings. The molecule has 0 bridgehead atoms. The zero-order valence-electron chi connectivity index (χ0n) is 50.4. The van der Waals surface area contributed by atoms with E-state index in [1.54, 1.807) is 37.0 Å². The summed E-state index contributed by atoms with van der Waals surface area (Å²) in [7, 11) is 2.98. The van der Waals surface area contributed by atoms with Gasteiger partial charge in [0.05, 0.1) is 75.5 Å². The summed E-state index contributed by atoms with van der Waals surface area (Å²) < 4.78 is 58.4. The second-order valence-corrected chi connectivity index (χ2v) is 21.6. The lowest BCUT2D eigenvalue weighted by molar-refractivity contribution is -0.159. The molecule has 0 saturated heterocycles. The summed E-state index contributed by atoms with van der Waals surface area (Å²) in [6, 6.07) is 35.0. The minimum atomic E-state index is -1.70. The number of cyclic esters (lactones) is 1. The molecule has 18 nitrogen and oxygen atoms in total. The maximum absolute atomic E-state index is 13.7. The number of amides is 1. The van der Waals surface area contributed by atoms with Gasteiger partial charge in [-0.25, -0.2) is 19.2 Å². The van der Waals surface area contributed by atoms with Crippen molar-refractivity contribution in [3.05, 3.63) is 152 Å². The fourth-order valence-corrected chi connectivity index (χ4v) is 11.9. The quantitative estimate of drug-likeness (QED) is 0.0159. The molecule has 3 atom stereocenters. The predicted molar refractivity (Wildman–Crippen MR) is 324 cm³/mol. The molecule has 0 aliphatic carbocycles. The smallest absolute Gasteiger partial charge is 0.412 e. The van der Waals surface area contributed by atoms with Gasteiger partial charge in [-0.1, -0.05) is 88.7 Å². The van der Waals surface area contributed by atoms with Crippen molar-refractivity contribution in [3.8, 4) is 34.7 Å². The normalized spacial score (nSPS) is 14.0. The van der Waals surface area contributed by atoms with Crippen LogP contribution in [0.3, 0.4) is 0 Å². The fraction of sp³-hybridized carbons (Fsp3) is 0.446. The van der Waals surface area contributed by atoms with E-state index in [2.05, 4.69) is 50.7 Å². The second-order valence-electron chi connectivity index (χ2n) is 20.2. The lowest BCUT2D eigenvalue weighted by Gasteiger charge is -2.39. The summed E-state index contributed by atoms with van der Waals surface area (Å²) in [5.41, 5.74) is 5.84. The van der Waals surface area contributed by atoms with Crippen LogP contribution >= 0.6 is 8.53 Å². The molecular weight excluding hydrogens is 1090 g/mol. The molecule has 3 unspecified atom stereocenters. The van der Waals surface area contributed by atoms with Crippen LogP contribution in [0.1, 0.15) is 133 Å². The molecule has 450 valence electrons. The molecule has 0 spiro atoms. The van der Waals surface area contributed by atoms with Crippen molar-refractivity contribution in [1.82, 2.24) is 19.5 Å². The number of unbranched alkanes of at least 4 members (excludes halogenated alkanes) is 2. The van der Waals surface area contributed by atoms with Crippen LogP contribution in [0.15, 0.2) is 108 Å². The highest BCUT2D eigenvalue weighted by Crippen LogP contribution is 2.48. The average molecular weight is 1170 g/mol. The molecule has 2 aliphatic heterocycles. The first-order valence-electron chi connectivity index (χ1n) is 28.9. The largest absolute Gasteiger partial charge is 0.497 e. The number of aldehydes is 1. The van der Waals surface area contributed by atoms with Gasteiger partial charge in [-0.15, -0.1) is 0 Å². The molecule has 84 heavy (non-hydrogen) atoms. The number of pyridine rings is 2. The number of benzene rings is 4. The molecule has 19 heteroatoms. The number of aryl methyl sites for hydroxylation is 1. The maximum Gasteiger partial charge on any atom is 0.412 e. The summed E-state index contributed by atoms with van der Waals surface area (Å²) >= 11 is 0. The number of hydrogen-bond donors (Lipinski definition) is 1. The number of carbonyl (C=O) groups excluding carboxylic acids is 3. The van der Waals surface area contributed by atoms with Gasteiger partial charge in [0.2, 0.25) is 0 Å². The summed E-state index contributed by atoms with van der Waals surface area (Å²) in [5.74, 6) is 1.14. The lowest BCUT2D eigenvalue weighted by Crippen LogP contribution is -2.39. The molecule has 8 rings (SSSR count). The van der Waals surface area contributed by atoms with Gasteiger partial charge in [0.15, 0.2) is 6.10 Å². The van der Waals surface area contributed by atoms with Gasteiger partial charge in [0.1, 0.15) is 41.8 Å². The maximum atomic E-state index is 13.7. The fourth-order valence-electron chi connectivity index (χ4n) is 10.2. The van der Waals surface area contributed by atoms with E-state index in [1.807, 2.05) is 106 Å². The third kappa shape index (κ3) is 16.0. The zero-order valence-corrected chi connectivity index (χ0v) is 51.3. The molecule has 4 aromatic carbocycles. The topological polar surface area (TPSA) is 208 Å². The third-order valence-corrected chi connectivity index (χ3v) is 16.3. The van der Waals surface area contributed by atoms with E-state index in [1.165, 1.54) is 7.11 Å². The molecule has 4 heterocycles. The van der Waals surface area contributed by atoms with Gasteiger partial charge in [-0.05, 0) is 112 Å². The Morgan fingerprint density at radius 1 is 0.857 bits per heavy atom. The molecule has 1 amide bonds. The number of aromatic nitrogens is 2. The number of fused-ring (bicyclic) bond motifs is 5. The summed E-state index contributed by atoms with van der Waals surface area (Å²) in [4.78, 5) is 54.1. The Bertz CT molecular complexity index is 3130. The number of ether oxygens (including phenoxy) is 7. The Kier molecular flexibility index (Phi) is 25.8. The monoisotopic (exact) mass is 1170 g/mol. The van der Waals surface area contributed by atoms with E-state index in [0.29, 0.717) is 64.7 Å². The molecule has 0 radical (unpaired) electrons. The first kappa shape index (κ1) is 66.1. The van der Waals surface area contributed by atoms with Crippen molar-refractivity contribution in [2.45, 2.75) is 137 Å². The second kappa shape index (κ2) is 32.8. The highest BCUT2D eigenvalue weighted by atomic mass is 31.2. The lowest BCUT2D eigenvalue weighted by atomic mass is 9.80.